The van der Waals surface area contributed by atoms with Crippen molar-refractivity contribution in [3.63, 3.8) is 0 Å². The molecular weight excluding hydrogens is 259 g/mol. The van der Waals surface area contributed by atoms with Crippen LogP contribution in [0, 0.1) is 20.8 Å². The van der Waals surface area contributed by atoms with Crippen molar-refractivity contribution in [3.8, 4) is 0 Å². The molecular formula is C12H19BF4N2. The Morgan fingerprint density at radius 3 is 1.89 bits per heavy atom. The van der Waals surface area contributed by atoms with Crippen LogP contribution in [-0.2, 0) is 0 Å². The Hall–Kier alpha value is -1.08. The number of hydrogen-bond donors (Lipinski definition) is 2. The predicted molar refractivity (Wildman–Crippen MR) is 69.2 cm³/mol. The lowest BCUT2D eigenvalue weighted by atomic mass is 10.0. The van der Waals surface area contributed by atoms with Crippen molar-refractivity contribution in [2.45, 2.75) is 20.8 Å². The van der Waals surface area contributed by atoms with E-state index < -0.39 is 7.25 Å². The molecule has 1 aliphatic heterocycles. The molecule has 2 N–H and O–H groups in total. The van der Waals surface area contributed by atoms with E-state index in [0.717, 1.165) is 13.2 Å². The summed E-state index contributed by atoms with van der Waals surface area (Å²) in [7, 11) is -6.00. The van der Waals surface area contributed by atoms with Gasteiger partial charge < -0.3 is 17.3 Å². The molecule has 108 valence electrons. The minimum Gasteiger partial charge on any atom is -0.418 e. The lowest BCUT2D eigenvalue weighted by Gasteiger charge is -2.16. The lowest BCUT2D eigenvalue weighted by molar-refractivity contribution is -0.819. The van der Waals surface area contributed by atoms with Crippen LogP contribution >= 0.6 is 0 Å². The molecule has 1 unspecified atom stereocenters. The molecule has 0 aliphatic carbocycles. The average Bonchev–Trinajstić information content (AvgIpc) is 2.66. The summed E-state index contributed by atoms with van der Waals surface area (Å²) < 4.78 is 39.0. The van der Waals surface area contributed by atoms with E-state index >= 15 is 0 Å². The molecule has 1 aliphatic rings. The lowest BCUT2D eigenvalue weighted by Crippen LogP contribution is -3.06. The van der Waals surface area contributed by atoms with Crippen LogP contribution in [-0.4, -0.2) is 27.0 Å². The largest absolute Gasteiger partial charge is 0.673 e. The third kappa shape index (κ3) is 5.61. The number of halogens is 4. The average molecular weight is 278 g/mol. The van der Waals surface area contributed by atoms with Crippen LogP contribution in [0.4, 0.5) is 23.0 Å². The summed E-state index contributed by atoms with van der Waals surface area (Å²) in [6.45, 7) is 10.0. The van der Waals surface area contributed by atoms with Gasteiger partial charge in [-0.1, -0.05) is 17.7 Å². The highest BCUT2D eigenvalue weighted by Crippen LogP contribution is 2.18. The molecule has 1 aromatic carbocycles. The number of nitrogens with one attached hydrogen (secondary N) is 2. The fraction of sp³-hybridized carbons (Fsp3) is 0.500. The number of rotatable bonds is 1. The first kappa shape index (κ1) is 16.0. The maximum Gasteiger partial charge on any atom is 0.673 e. The fourth-order valence-corrected chi connectivity index (χ4v) is 2.52. The second-order valence-electron chi connectivity index (χ2n) is 4.80. The van der Waals surface area contributed by atoms with E-state index in [0.29, 0.717) is 0 Å². The van der Waals surface area contributed by atoms with Crippen molar-refractivity contribution < 1.29 is 22.2 Å². The molecule has 0 amide bonds. The topological polar surface area (TPSA) is 16.5 Å². The van der Waals surface area contributed by atoms with Gasteiger partial charge in [-0.05, 0) is 20.8 Å². The van der Waals surface area contributed by atoms with Crippen LogP contribution in [0.2, 0.25) is 0 Å². The third-order valence-corrected chi connectivity index (χ3v) is 2.97. The molecule has 1 aromatic rings. The van der Waals surface area contributed by atoms with E-state index in [1.807, 2.05) is 0 Å². The molecule has 0 spiro atoms. The maximum absolute atomic E-state index is 9.75. The van der Waals surface area contributed by atoms with E-state index in [9.17, 15) is 17.3 Å². The van der Waals surface area contributed by atoms with Crippen LogP contribution in [0.25, 0.3) is 0 Å². The minimum atomic E-state index is -6.00. The highest BCUT2D eigenvalue weighted by Gasteiger charge is 2.21. The third-order valence-electron chi connectivity index (χ3n) is 2.97. The second kappa shape index (κ2) is 6.39. The van der Waals surface area contributed by atoms with Crippen molar-refractivity contribution in [2.75, 3.05) is 19.8 Å². The van der Waals surface area contributed by atoms with Crippen molar-refractivity contribution in [2.24, 2.45) is 0 Å². The van der Waals surface area contributed by atoms with Gasteiger partial charge in [0.1, 0.15) is 12.4 Å². The van der Waals surface area contributed by atoms with Crippen molar-refractivity contribution in [1.82, 2.24) is 5.32 Å². The normalized spacial score (nSPS) is 19.0. The summed E-state index contributed by atoms with van der Waals surface area (Å²) in [5.74, 6) is 0. The van der Waals surface area contributed by atoms with Gasteiger partial charge >= 0.3 is 7.25 Å². The fourth-order valence-electron chi connectivity index (χ4n) is 2.52. The summed E-state index contributed by atoms with van der Waals surface area (Å²) in [5.41, 5.74) is 5.73. The van der Waals surface area contributed by atoms with Crippen molar-refractivity contribution in [1.29, 1.82) is 0 Å². The van der Waals surface area contributed by atoms with Gasteiger partial charge in [0.25, 0.3) is 0 Å². The molecule has 2 nitrogen and oxygen atoms in total. The Balaban J connectivity index is 0.000000312. The van der Waals surface area contributed by atoms with Crippen molar-refractivity contribution >= 4 is 12.9 Å². The van der Waals surface area contributed by atoms with Crippen LogP contribution in [0.15, 0.2) is 12.1 Å². The number of benzene rings is 1. The van der Waals surface area contributed by atoms with Crippen molar-refractivity contribution in [3.05, 3.63) is 28.8 Å². The van der Waals surface area contributed by atoms with Gasteiger partial charge in [0.15, 0.2) is 0 Å². The molecule has 0 bridgehead atoms. The summed E-state index contributed by atoms with van der Waals surface area (Å²) in [5, 5.41) is 3.40. The van der Waals surface area contributed by atoms with Gasteiger partial charge in [0.05, 0.1) is 13.1 Å². The standard InChI is InChI=1S/C12H18N2.BF4/c1-9-6-10(2)12(11(3)7-9)14-5-4-13-8-14;2-1(3,4)5/h6-7,13H,4-5,8H2,1-3H3;/q;-1/p+1. The second-order valence-corrected chi connectivity index (χ2v) is 4.80. The summed E-state index contributed by atoms with van der Waals surface area (Å²) in [6.07, 6.45) is 0. The molecule has 0 saturated carbocycles. The Bertz CT molecular complexity index is 399. The summed E-state index contributed by atoms with van der Waals surface area (Å²) in [6, 6.07) is 4.57. The Morgan fingerprint density at radius 1 is 1.05 bits per heavy atom. The molecule has 7 heteroatoms. The highest BCUT2D eigenvalue weighted by molar-refractivity contribution is 6.50. The number of quaternary nitrogens is 1. The van der Waals surface area contributed by atoms with Crippen LogP contribution in [0.3, 0.4) is 0 Å². The quantitative estimate of drug-likeness (QED) is 0.593. The van der Waals surface area contributed by atoms with Gasteiger partial charge in [-0.25, -0.2) is 0 Å². The molecule has 0 radical (unpaired) electrons. The highest BCUT2D eigenvalue weighted by atomic mass is 19.5. The molecule has 19 heavy (non-hydrogen) atoms. The molecule has 0 aromatic heterocycles. The van der Waals surface area contributed by atoms with E-state index in [1.165, 1.54) is 28.9 Å². The monoisotopic (exact) mass is 278 g/mol. The zero-order valence-electron chi connectivity index (χ0n) is 11.4. The van der Waals surface area contributed by atoms with Gasteiger partial charge in [-0.15, -0.1) is 0 Å². The molecule has 1 saturated heterocycles. The molecule has 1 heterocycles. The maximum atomic E-state index is 9.75. The summed E-state index contributed by atoms with van der Waals surface area (Å²) in [4.78, 5) is 1.58. The zero-order valence-corrected chi connectivity index (χ0v) is 11.4. The molecule has 2 rings (SSSR count). The van der Waals surface area contributed by atoms with Crippen LogP contribution in [0.5, 0.6) is 0 Å². The Labute approximate surface area is 110 Å². The van der Waals surface area contributed by atoms with Gasteiger partial charge in [0, 0.05) is 11.1 Å². The van der Waals surface area contributed by atoms with E-state index in [2.05, 4.69) is 38.2 Å². The van der Waals surface area contributed by atoms with E-state index in [1.54, 1.807) is 4.90 Å². The predicted octanol–water partition coefficient (Wildman–Crippen LogP) is 1.99. The first-order valence-electron chi connectivity index (χ1n) is 6.19. The SMILES string of the molecule is Cc1cc(C)c([NH+]2CCNC2)c(C)c1.F[B-](F)(F)F. The smallest absolute Gasteiger partial charge is 0.418 e. The van der Waals surface area contributed by atoms with E-state index in [-0.39, 0.29) is 0 Å². The van der Waals surface area contributed by atoms with Gasteiger partial charge in [-0.3, -0.25) is 10.2 Å². The van der Waals surface area contributed by atoms with Gasteiger partial charge in [0.2, 0.25) is 0 Å². The van der Waals surface area contributed by atoms with Crippen LogP contribution in [0.1, 0.15) is 16.7 Å². The minimum absolute atomic E-state index is 1.07. The van der Waals surface area contributed by atoms with Crippen LogP contribution < -0.4 is 10.2 Å². The zero-order chi connectivity index (χ0) is 14.6. The Kier molecular flexibility index (Phi) is 5.37. The number of hydrogen-bond acceptors (Lipinski definition) is 1. The van der Waals surface area contributed by atoms with E-state index in [4.69, 9.17) is 0 Å². The first-order valence-corrected chi connectivity index (χ1v) is 6.19. The van der Waals surface area contributed by atoms with Gasteiger partial charge in [-0.2, -0.15) is 0 Å². The molecule has 1 atom stereocenters. The number of aryl methyl sites for hydroxylation is 3. The molecule has 1 fully saturated rings. The first-order chi connectivity index (χ1) is 8.68. The summed E-state index contributed by atoms with van der Waals surface area (Å²) >= 11 is 0. The Morgan fingerprint density at radius 2 is 1.53 bits per heavy atom.